The number of sulfonamides is 1. The molecule has 0 heterocycles. The molecule has 0 aliphatic heterocycles. The number of nitrogens with one attached hydrogen (secondary N) is 1. The van der Waals surface area contributed by atoms with Gasteiger partial charge in [0.1, 0.15) is 5.82 Å². The Morgan fingerprint density at radius 2 is 1.68 bits per heavy atom. The van der Waals surface area contributed by atoms with E-state index in [0.717, 1.165) is 24.3 Å². The van der Waals surface area contributed by atoms with Crippen LogP contribution in [0.5, 0.6) is 0 Å². The average Bonchev–Trinajstić information content (AvgIpc) is 2.39. The molecule has 2 N–H and O–H groups in total. The topological polar surface area (TPSA) is 83.5 Å². The van der Waals surface area contributed by atoms with Crippen LogP contribution in [0.2, 0.25) is 10.0 Å². The van der Waals surface area contributed by atoms with Gasteiger partial charge in [-0.25, -0.2) is 17.6 Å². The number of carbonyl (C=O) groups is 1. The molecule has 0 radical (unpaired) electrons. The number of aromatic carboxylic acids is 1. The van der Waals surface area contributed by atoms with E-state index in [1.54, 1.807) is 0 Å². The second-order valence-electron chi connectivity index (χ2n) is 4.21. The van der Waals surface area contributed by atoms with Crippen LogP contribution in [0, 0.1) is 5.82 Å². The highest BCUT2D eigenvalue weighted by Crippen LogP contribution is 2.25. The Morgan fingerprint density at radius 3 is 2.23 bits per heavy atom. The summed E-state index contributed by atoms with van der Waals surface area (Å²) in [4.78, 5) is 10.8. The first-order chi connectivity index (χ1) is 10.2. The van der Waals surface area contributed by atoms with Gasteiger partial charge in [0, 0.05) is 10.0 Å². The fourth-order valence-electron chi connectivity index (χ4n) is 1.67. The second kappa shape index (κ2) is 6.12. The molecule has 0 unspecified atom stereocenters. The van der Waals surface area contributed by atoms with Gasteiger partial charge in [0.05, 0.1) is 16.1 Å². The molecule has 5 nitrogen and oxygen atoms in total. The number of halogens is 3. The van der Waals surface area contributed by atoms with E-state index in [9.17, 15) is 17.6 Å². The van der Waals surface area contributed by atoms with E-state index < -0.39 is 27.4 Å². The summed E-state index contributed by atoms with van der Waals surface area (Å²) in [6, 6.07) is 6.32. The van der Waals surface area contributed by atoms with Gasteiger partial charge >= 0.3 is 5.97 Å². The summed E-state index contributed by atoms with van der Waals surface area (Å²) in [6.07, 6.45) is 0. The van der Waals surface area contributed by atoms with E-state index in [-0.39, 0.29) is 20.6 Å². The van der Waals surface area contributed by atoms with Gasteiger partial charge in [-0.15, -0.1) is 0 Å². The minimum absolute atomic E-state index is 0.102. The molecular weight excluding hydrogens is 356 g/mol. The van der Waals surface area contributed by atoms with E-state index in [2.05, 4.69) is 4.72 Å². The van der Waals surface area contributed by atoms with Crippen molar-refractivity contribution in [2.45, 2.75) is 4.90 Å². The predicted molar refractivity (Wildman–Crippen MR) is 80.6 cm³/mol. The molecule has 0 amide bonds. The third-order valence-electron chi connectivity index (χ3n) is 2.60. The smallest absolute Gasteiger partial charge is 0.337 e. The van der Waals surface area contributed by atoms with Crippen LogP contribution in [0.1, 0.15) is 10.4 Å². The average molecular weight is 364 g/mol. The first kappa shape index (κ1) is 16.5. The number of hydrogen-bond donors (Lipinski definition) is 2. The van der Waals surface area contributed by atoms with Gasteiger partial charge in [-0.1, -0.05) is 23.2 Å². The largest absolute Gasteiger partial charge is 0.478 e. The van der Waals surface area contributed by atoms with Gasteiger partial charge in [-0.05, 0) is 36.4 Å². The van der Waals surface area contributed by atoms with Crippen LogP contribution in [-0.2, 0) is 10.0 Å². The molecule has 0 saturated carbocycles. The molecule has 2 rings (SSSR count). The quantitative estimate of drug-likeness (QED) is 0.868. The molecule has 0 spiro atoms. The van der Waals surface area contributed by atoms with Gasteiger partial charge in [0.25, 0.3) is 10.0 Å². The van der Waals surface area contributed by atoms with Crippen molar-refractivity contribution >= 4 is 44.9 Å². The molecule has 0 aliphatic rings. The van der Waals surface area contributed by atoms with Crippen molar-refractivity contribution < 1.29 is 22.7 Å². The summed E-state index contributed by atoms with van der Waals surface area (Å²) in [6.45, 7) is 0. The second-order valence-corrected chi connectivity index (χ2v) is 6.76. The van der Waals surface area contributed by atoms with Gasteiger partial charge < -0.3 is 5.11 Å². The van der Waals surface area contributed by atoms with E-state index in [0.29, 0.717) is 6.07 Å². The normalized spacial score (nSPS) is 11.2. The van der Waals surface area contributed by atoms with E-state index in [1.807, 2.05) is 0 Å². The zero-order valence-electron chi connectivity index (χ0n) is 10.7. The molecule has 116 valence electrons. The number of carboxylic acid groups (broad SMARTS) is 1. The number of benzene rings is 2. The molecule has 0 atom stereocenters. The molecule has 0 aromatic heterocycles. The summed E-state index contributed by atoms with van der Waals surface area (Å²) in [5.74, 6) is -2.27. The zero-order valence-corrected chi connectivity index (χ0v) is 13.0. The molecule has 9 heteroatoms. The molecular formula is C13H8Cl2FNO4S. The van der Waals surface area contributed by atoms with Crippen LogP contribution in [0.25, 0.3) is 0 Å². The van der Waals surface area contributed by atoms with Gasteiger partial charge in [0.2, 0.25) is 0 Å². The highest BCUT2D eigenvalue weighted by atomic mass is 35.5. The fraction of sp³-hybridized carbons (Fsp3) is 0. The van der Waals surface area contributed by atoms with Crippen LogP contribution in [0.15, 0.2) is 41.3 Å². The first-order valence-electron chi connectivity index (χ1n) is 5.71. The zero-order chi connectivity index (χ0) is 16.5. The molecule has 0 fully saturated rings. The lowest BCUT2D eigenvalue weighted by Crippen LogP contribution is -2.15. The molecule has 0 aliphatic carbocycles. The third kappa shape index (κ3) is 3.68. The Balaban J connectivity index is 2.47. The lowest BCUT2D eigenvalue weighted by molar-refractivity contribution is 0.0697. The van der Waals surface area contributed by atoms with Crippen LogP contribution < -0.4 is 4.72 Å². The van der Waals surface area contributed by atoms with E-state index >= 15 is 0 Å². The van der Waals surface area contributed by atoms with E-state index in [1.165, 1.54) is 6.07 Å². The highest BCUT2D eigenvalue weighted by molar-refractivity contribution is 7.92. The molecule has 0 bridgehead atoms. The van der Waals surface area contributed by atoms with Crippen molar-refractivity contribution in [3.05, 3.63) is 57.8 Å². The maximum absolute atomic E-state index is 13.1. The molecule has 0 saturated heterocycles. The Morgan fingerprint density at radius 1 is 1.09 bits per heavy atom. The monoisotopic (exact) mass is 363 g/mol. The van der Waals surface area contributed by atoms with E-state index in [4.69, 9.17) is 28.3 Å². The van der Waals surface area contributed by atoms with Crippen molar-refractivity contribution in [1.29, 1.82) is 0 Å². The van der Waals surface area contributed by atoms with Gasteiger partial charge in [-0.2, -0.15) is 0 Å². The van der Waals surface area contributed by atoms with Gasteiger partial charge in [-0.3, -0.25) is 4.72 Å². The first-order valence-corrected chi connectivity index (χ1v) is 7.95. The lowest BCUT2D eigenvalue weighted by atomic mass is 10.2. The number of carboxylic acids is 1. The minimum atomic E-state index is -4.13. The summed E-state index contributed by atoms with van der Waals surface area (Å²) < 4.78 is 39.7. The molecule has 2 aromatic rings. The van der Waals surface area contributed by atoms with Crippen LogP contribution in [0.4, 0.5) is 10.1 Å². The summed E-state index contributed by atoms with van der Waals surface area (Å²) >= 11 is 11.5. The van der Waals surface area contributed by atoms with Gasteiger partial charge in [0.15, 0.2) is 0 Å². The van der Waals surface area contributed by atoms with Crippen molar-refractivity contribution in [3.8, 4) is 0 Å². The highest BCUT2D eigenvalue weighted by Gasteiger charge is 2.20. The van der Waals surface area contributed by atoms with Crippen molar-refractivity contribution in [3.63, 3.8) is 0 Å². The number of rotatable bonds is 4. The number of hydrogen-bond acceptors (Lipinski definition) is 3. The van der Waals surface area contributed by atoms with Crippen molar-refractivity contribution in [2.24, 2.45) is 0 Å². The SMILES string of the molecule is O=C(O)c1cc(F)ccc1NS(=O)(=O)c1cc(Cl)cc(Cl)c1. The molecule has 2 aromatic carbocycles. The summed E-state index contributed by atoms with van der Waals surface area (Å²) in [7, 11) is -4.13. The Kier molecular flexibility index (Phi) is 4.60. The number of anilines is 1. The van der Waals surface area contributed by atoms with Crippen LogP contribution >= 0.6 is 23.2 Å². The summed E-state index contributed by atoms with van der Waals surface area (Å²) in [5.41, 5.74) is -0.790. The molecule has 22 heavy (non-hydrogen) atoms. The third-order valence-corrected chi connectivity index (χ3v) is 4.38. The minimum Gasteiger partial charge on any atom is -0.478 e. The standard InChI is InChI=1S/C13H8Cl2FNO4S/c14-7-3-8(15)5-10(4-7)22(20,21)17-12-2-1-9(16)6-11(12)13(18)19/h1-6,17H,(H,18,19). The Hall–Kier alpha value is -1.83. The van der Waals surface area contributed by atoms with Crippen LogP contribution in [0.3, 0.4) is 0 Å². The van der Waals surface area contributed by atoms with Crippen LogP contribution in [-0.4, -0.2) is 19.5 Å². The summed E-state index contributed by atoms with van der Waals surface area (Å²) in [5, 5.41) is 9.21. The lowest BCUT2D eigenvalue weighted by Gasteiger charge is -2.11. The Labute approximate surface area is 135 Å². The fourth-order valence-corrected chi connectivity index (χ4v) is 3.47. The maximum Gasteiger partial charge on any atom is 0.337 e. The Bertz CT molecular complexity index is 835. The predicted octanol–water partition coefficient (Wildman–Crippen LogP) is 3.63. The van der Waals surface area contributed by atoms with Crippen molar-refractivity contribution in [1.82, 2.24) is 0 Å². The maximum atomic E-state index is 13.1. The van der Waals surface area contributed by atoms with Crippen molar-refractivity contribution in [2.75, 3.05) is 4.72 Å².